The van der Waals surface area contributed by atoms with Crippen LogP contribution in [0.4, 0.5) is 13.2 Å². The molecule has 0 radical (unpaired) electrons. The van der Waals surface area contributed by atoms with Gasteiger partial charge in [0.25, 0.3) is 0 Å². The molecule has 15 heavy (non-hydrogen) atoms. The molecule has 0 saturated heterocycles. The first-order valence-electron chi connectivity index (χ1n) is 4.20. The number of hydrogen-bond acceptors (Lipinski definition) is 3. The van der Waals surface area contributed by atoms with E-state index in [0.29, 0.717) is 5.56 Å². The van der Waals surface area contributed by atoms with E-state index in [2.05, 4.69) is 4.98 Å². The van der Waals surface area contributed by atoms with Crippen LogP contribution in [-0.4, -0.2) is 30.0 Å². The van der Waals surface area contributed by atoms with Gasteiger partial charge in [-0.2, -0.15) is 13.2 Å². The van der Waals surface area contributed by atoms with Crippen LogP contribution in [-0.2, 0) is 0 Å². The van der Waals surface area contributed by atoms with E-state index >= 15 is 0 Å². The Morgan fingerprint density at radius 1 is 1.47 bits per heavy atom. The highest BCUT2D eigenvalue weighted by Crippen LogP contribution is 2.12. The zero-order valence-corrected chi connectivity index (χ0v) is 7.71. The number of halogens is 3. The summed E-state index contributed by atoms with van der Waals surface area (Å²) in [6.45, 7) is -1.51. The van der Waals surface area contributed by atoms with Crippen LogP contribution in [0.25, 0.3) is 0 Å². The van der Waals surface area contributed by atoms with Crippen molar-refractivity contribution in [1.29, 1.82) is 0 Å². The molecule has 1 aromatic rings. The van der Waals surface area contributed by atoms with Gasteiger partial charge in [-0.3, -0.25) is 9.78 Å². The van der Waals surface area contributed by atoms with Crippen LogP contribution in [0.2, 0.25) is 0 Å². The molecule has 0 unspecified atom stereocenters. The largest absolute Gasteiger partial charge is 0.401 e. The first kappa shape index (κ1) is 11.6. The van der Waals surface area contributed by atoms with Crippen LogP contribution in [0.5, 0.6) is 0 Å². The lowest BCUT2D eigenvalue weighted by atomic mass is 10.2. The minimum Gasteiger partial charge on any atom is -0.302 e. The third-order valence-electron chi connectivity index (χ3n) is 1.59. The molecule has 0 aromatic carbocycles. The monoisotopic (exact) mass is 218 g/mol. The number of aromatic nitrogens is 1. The van der Waals surface area contributed by atoms with Crippen LogP contribution in [0.15, 0.2) is 24.5 Å². The Bertz CT molecular complexity index is 324. The van der Waals surface area contributed by atoms with Crippen molar-refractivity contribution in [2.24, 2.45) is 0 Å². The fourth-order valence-electron chi connectivity index (χ4n) is 0.948. The van der Waals surface area contributed by atoms with Crippen molar-refractivity contribution in [1.82, 2.24) is 10.3 Å². The predicted molar refractivity (Wildman–Crippen MR) is 47.5 cm³/mol. The molecule has 0 fully saturated rings. The van der Waals surface area contributed by atoms with Gasteiger partial charge in [-0.15, -0.1) is 0 Å². The average Bonchev–Trinajstić information content (AvgIpc) is 2.17. The molecular weight excluding hydrogens is 209 g/mol. The van der Waals surface area contributed by atoms with Crippen LogP contribution >= 0.6 is 0 Å². The summed E-state index contributed by atoms with van der Waals surface area (Å²) in [7, 11) is 0. The molecule has 0 atom stereocenters. The molecule has 6 heteroatoms. The number of carbonyl (C=O) groups is 1. The summed E-state index contributed by atoms with van der Waals surface area (Å²) in [5.41, 5.74) is 0.298. The van der Waals surface area contributed by atoms with Gasteiger partial charge in [-0.05, 0) is 12.1 Å². The molecule has 0 spiro atoms. The SMILES string of the molecule is O=C(CNCC(F)(F)F)c1cccnc1. The molecule has 82 valence electrons. The van der Waals surface area contributed by atoms with Gasteiger partial charge in [0, 0.05) is 18.0 Å². The van der Waals surface area contributed by atoms with Crippen molar-refractivity contribution in [3.8, 4) is 0 Å². The number of ketones is 1. The van der Waals surface area contributed by atoms with Gasteiger partial charge in [0.15, 0.2) is 5.78 Å². The highest BCUT2D eigenvalue weighted by molar-refractivity contribution is 5.97. The topological polar surface area (TPSA) is 42.0 Å². The molecule has 1 rings (SSSR count). The van der Waals surface area contributed by atoms with E-state index in [1.807, 2.05) is 5.32 Å². The fourth-order valence-corrected chi connectivity index (χ4v) is 0.948. The maximum atomic E-state index is 11.7. The van der Waals surface area contributed by atoms with Gasteiger partial charge in [-0.1, -0.05) is 0 Å². The first-order chi connectivity index (χ1) is 6.99. The Balaban J connectivity index is 2.38. The molecule has 0 saturated carbocycles. The summed E-state index contributed by atoms with van der Waals surface area (Å²) in [5.74, 6) is -0.410. The zero-order valence-electron chi connectivity index (χ0n) is 7.71. The number of nitrogens with zero attached hydrogens (tertiary/aromatic N) is 1. The van der Waals surface area contributed by atoms with Crippen molar-refractivity contribution >= 4 is 5.78 Å². The van der Waals surface area contributed by atoms with Crippen LogP contribution in [0.1, 0.15) is 10.4 Å². The third kappa shape index (κ3) is 4.55. The van der Waals surface area contributed by atoms with E-state index in [-0.39, 0.29) is 6.54 Å². The van der Waals surface area contributed by atoms with Gasteiger partial charge in [0.1, 0.15) is 0 Å². The highest BCUT2D eigenvalue weighted by atomic mass is 19.4. The van der Waals surface area contributed by atoms with Crippen molar-refractivity contribution in [3.05, 3.63) is 30.1 Å². The first-order valence-corrected chi connectivity index (χ1v) is 4.20. The van der Waals surface area contributed by atoms with E-state index in [4.69, 9.17) is 0 Å². The minimum absolute atomic E-state index is 0.298. The highest BCUT2D eigenvalue weighted by Gasteiger charge is 2.26. The Morgan fingerprint density at radius 2 is 2.20 bits per heavy atom. The standard InChI is InChI=1S/C9H9F3N2O/c10-9(11,12)6-14-5-8(15)7-2-1-3-13-4-7/h1-4,14H,5-6H2. The second kappa shape index (κ2) is 4.88. The van der Waals surface area contributed by atoms with Crippen LogP contribution < -0.4 is 5.32 Å². The molecule has 1 aromatic heterocycles. The molecular formula is C9H9F3N2O. The van der Waals surface area contributed by atoms with E-state index < -0.39 is 18.5 Å². The van der Waals surface area contributed by atoms with Gasteiger partial charge >= 0.3 is 6.18 Å². The summed E-state index contributed by atoms with van der Waals surface area (Å²) in [4.78, 5) is 15.0. The number of carbonyl (C=O) groups excluding carboxylic acids is 1. The molecule has 0 amide bonds. The number of nitrogens with one attached hydrogen (secondary N) is 1. The number of Topliss-reactive ketones (excluding diaryl/α,β-unsaturated/α-hetero) is 1. The number of hydrogen-bond donors (Lipinski definition) is 1. The van der Waals surface area contributed by atoms with Crippen molar-refractivity contribution in [2.45, 2.75) is 6.18 Å². The summed E-state index contributed by atoms with van der Waals surface area (Å²) < 4.78 is 35.2. The maximum absolute atomic E-state index is 11.7. The second-order valence-electron chi connectivity index (χ2n) is 2.88. The van der Waals surface area contributed by atoms with Crippen molar-refractivity contribution in [3.63, 3.8) is 0 Å². The minimum atomic E-state index is -4.30. The van der Waals surface area contributed by atoms with Gasteiger partial charge in [0.05, 0.1) is 13.1 Å². The third-order valence-corrected chi connectivity index (χ3v) is 1.59. The quantitative estimate of drug-likeness (QED) is 0.777. The Morgan fingerprint density at radius 3 is 2.73 bits per heavy atom. The normalized spacial score (nSPS) is 11.4. The number of pyridine rings is 1. The summed E-state index contributed by atoms with van der Waals surface area (Å²) in [6, 6.07) is 3.06. The van der Waals surface area contributed by atoms with Crippen molar-refractivity contribution < 1.29 is 18.0 Å². The van der Waals surface area contributed by atoms with Gasteiger partial charge < -0.3 is 5.32 Å². The molecule has 1 N–H and O–H groups in total. The lowest BCUT2D eigenvalue weighted by Gasteiger charge is -2.07. The maximum Gasteiger partial charge on any atom is 0.401 e. The fraction of sp³-hybridized carbons (Fsp3) is 0.333. The van der Waals surface area contributed by atoms with E-state index in [1.54, 1.807) is 6.07 Å². The van der Waals surface area contributed by atoms with Crippen LogP contribution in [0, 0.1) is 0 Å². The molecule has 0 aliphatic rings. The van der Waals surface area contributed by atoms with E-state index in [0.717, 1.165) is 0 Å². The summed E-state index contributed by atoms with van der Waals surface area (Å²) in [6.07, 6.45) is -1.49. The number of rotatable bonds is 4. The van der Waals surface area contributed by atoms with Crippen LogP contribution in [0.3, 0.4) is 0 Å². The Kier molecular flexibility index (Phi) is 3.79. The van der Waals surface area contributed by atoms with E-state index in [9.17, 15) is 18.0 Å². The zero-order chi connectivity index (χ0) is 11.3. The second-order valence-corrected chi connectivity index (χ2v) is 2.88. The van der Waals surface area contributed by atoms with Crippen molar-refractivity contribution in [2.75, 3.05) is 13.1 Å². The lowest BCUT2D eigenvalue weighted by Crippen LogP contribution is -2.32. The van der Waals surface area contributed by atoms with Gasteiger partial charge in [-0.25, -0.2) is 0 Å². The molecule has 1 heterocycles. The van der Waals surface area contributed by atoms with Gasteiger partial charge in [0.2, 0.25) is 0 Å². The smallest absolute Gasteiger partial charge is 0.302 e. The molecule has 0 aliphatic heterocycles. The summed E-state index contributed by atoms with van der Waals surface area (Å²) >= 11 is 0. The Labute approximate surface area is 84.3 Å². The number of alkyl halides is 3. The Hall–Kier alpha value is -1.43. The molecule has 3 nitrogen and oxygen atoms in total. The molecule has 0 bridgehead atoms. The average molecular weight is 218 g/mol. The van der Waals surface area contributed by atoms with E-state index in [1.165, 1.54) is 18.5 Å². The summed E-state index contributed by atoms with van der Waals surface area (Å²) in [5, 5.41) is 2.02. The predicted octanol–water partition coefficient (Wildman–Crippen LogP) is 1.42. The molecule has 0 aliphatic carbocycles. The lowest BCUT2D eigenvalue weighted by molar-refractivity contribution is -0.124.